The molecule has 1 unspecified atom stereocenters. The van der Waals surface area contributed by atoms with E-state index in [1.807, 2.05) is 31.2 Å². The average Bonchev–Trinajstić information content (AvgIpc) is 2.71. The fraction of sp³-hybridized carbons (Fsp3) is 0.167. The zero-order valence-electron chi connectivity index (χ0n) is 10.2. The van der Waals surface area contributed by atoms with Crippen LogP contribution < -0.4 is 4.72 Å². The summed E-state index contributed by atoms with van der Waals surface area (Å²) in [6, 6.07) is 8.84. The lowest BCUT2D eigenvalue weighted by Crippen LogP contribution is -2.26. The molecule has 0 amide bonds. The molecule has 1 N–H and O–H groups in total. The molecule has 20 heavy (non-hydrogen) atoms. The zero-order valence-corrected chi connectivity index (χ0v) is 16.6. The number of rotatable bonds is 4. The Kier molecular flexibility index (Phi) is 5.47. The monoisotopic (exact) mass is 501 g/mol. The molecule has 0 fully saturated rings. The molecule has 1 atom stereocenters. The first-order valence-corrected chi connectivity index (χ1v) is 10.2. The first-order valence-electron chi connectivity index (χ1n) is 5.52. The summed E-state index contributed by atoms with van der Waals surface area (Å²) in [5.41, 5.74) is 0.909. The third-order valence-electron chi connectivity index (χ3n) is 2.59. The second-order valence-electron chi connectivity index (χ2n) is 4.08. The molecule has 8 heteroatoms. The Labute approximate surface area is 147 Å². The van der Waals surface area contributed by atoms with Crippen LogP contribution in [0.5, 0.6) is 0 Å². The van der Waals surface area contributed by atoms with Gasteiger partial charge in [0.1, 0.15) is 4.21 Å². The maximum Gasteiger partial charge on any atom is 0.250 e. The van der Waals surface area contributed by atoms with Crippen molar-refractivity contribution in [2.75, 3.05) is 0 Å². The van der Waals surface area contributed by atoms with Gasteiger partial charge >= 0.3 is 0 Å². The van der Waals surface area contributed by atoms with Crippen LogP contribution in [0.25, 0.3) is 0 Å². The average molecular weight is 504 g/mol. The van der Waals surface area contributed by atoms with Gasteiger partial charge in [0, 0.05) is 15.0 Å². The summed E-state index contributed by atoms with van der Waals surface area (Å²) in [4.78, 5) is 0. The van der Waals surface area contributed by atoms with Gasteiger partial charge in [-0.15, -0.1) is 11.3 Å². The first-order chi connectivity index (χ1) is 9.29. The second kappa shape index (κ2) is 6.58. The summed E-state index contributed by atoms with van der Waals surface area (Å²) in [6.07, 6.45) is 0. The van der Waals surface area contributed by atoms with Crippen LogP contribution in [0.1, 0.15) is 18.5 Å². The first kappa shape index (κ1) is 16.6. The van der Waals surface area contributed by atoms with E-state index in [0.717, 1.165) is 18.3 Å². The van der Waals surface area contributed by atoms with Crippen LogP contribution in [0.2, 0.25) is 0 Å². The van der Waals surface area contributed by atoms with Crippen LogP contribution in [-0.2, 0) is 10.0 Å². The van der Waals surface area contributed by atoms with E-state index in [2.05, 4.69) is 52.5 Å². The van der Waals surface area contributed by atoms with Crippen molar-refractivity contribution in [3.05, 3.63) is 48.6 Å². The van der Waals surface area contributed by atoms with Gasteiger partial charge in [0.2, 0.25) is 0 Å². The molecule has 2 aromatic rings. The lowest BCUT2D eigenvalue weighted by molar-refractivity contribution is 0.569. The van der Waals surface area contributed by atoms with Gasteiger partial charge in [-0.2, -0.15) is 0 Å². The molecule has 1 heterocycles. The fourth-order valence-corrected chi connectivity index (χ4v) is 5.90. The number of nitrogens with one attached hydrogen (secondary N) is 1. The van der Waals surface area contributed by atoms with E-state index in [0.29, 0.717) is 0 Å². The van der Waals surface area contributed by atoms with Crippen molar-refractivity contribution in [1.29, 1.82) is 0 Å². The highest BCUT2D eigenvalue weighted by Gasteiger charge is 2.21. The van der Waals surface area contributed by atoms with Crippen LogP contribution in [0.3, 0.4) is 0 Å². The molecule has 0 saturated carbocycles. The molecule has 108 valence electrons. The molecular weight excluding hydrogens is 494 g/mol. The topological polar surface area (TPSA) is 46.2 Å². The van der Waals surface area contributed by atoms with E-state index in [9.17, 15) is 8.42 Å². The third-order valence-corrected chi connectivity index (χ3v) is 8.39. The highest BCUT2D eigenvalue weighted by Crippen LogP contribution is 2.35. The van der Waals surface area contributed by atoms with Crippen molar-refractivity contribution in [3.8, 4) is 0 Å². The van der Waals surface area contributed by atoms with Gasteiger partial charge in [-0.05, 0) is 62.5 Å². The molecular formula is C12H10Br3NO2S2. The largest absolute Gasteiger partial charge is 0.250 e. The molecule has 3 nitrogen and oxygen atoms in total. The summed E-state index contributed by atoms with van der Waals surface area (Å²) in [7, 11) is -3.52. The van der Waals surface area contributed by atoms with E-state index < -0.39 is 10.0 Å². The minimum Gasteiger partial charge on any atom is -0.206 e. The standard InChI is InChI=1S/C12H10Br3NO2S2/c1-7(8-2-4-9(13)5-3-8)16-20(17,18)11-6-10(14)12(15)19-11/h2-7,16H,1H3. The Morgan fingerprint density at radius 2 is 1.75 bits per heavy atom. The molecule has 0 radical (unpaired) electrons. The number of benzene rings is 1. The fourth-order valence-electron chi connectivity index (χ4n) is 1.57. The summed E-state index contributed by atoms with van der Waals surface area (Å²) >= 11 is 11.1. The minimum atomic E-state index is -3.52. The van der Waals surface area contributed by atoms with Crippen molar-refractivity contribution in [3.63, 3.8) is 0 Å². The Hall–Kier alpha value is 0.270. The maximum atomic E-state index is 12.3. The molecule has 0 spiro atoms. The minimum absolute atomic E-state index is 0.278. The van der Waals surface area contributed by atoms with Crippen LogP contribution in [-0.4, -0.2) is 8.42 Å². The van der Waals surface area contributed by atoms with E-state index in [-0.39, 0.29) is 10.3 Å². The SMILES string of the molecule is CC(NS(=O)(=O)c1cc(Br)c(Br)s1)c1ccc(Br)cc1. The predicted molar refractivity (Wildman–Crippen MR) is 92.6 cm³/mol. The van der Waals surface area contributed by atoms with E-state index in [1.54, 1.807) is 6.07 Å². The third kappa shape index (κ3) is 3.92. The van der Waals surface area contributed by atoms with Gasteiger partial charge in [0.15, 0.2) is 0 Å². The number of hydrogen-bond acceptors (Lipinski definition) is 3. The lowest BCUT2D eigenvalue weighted by atomic mass is 10.1. The van der Waals surface area contributed by atoms with Gasteiger partial charge in [-0.1, -0.05) is 28.1 Å². The quantitative estimate of drug-likeness (QED) is 0.632. The van der Waals surface area contributed by atoms with Crippen molar-refractivity contribution >= 4 is 69.1 Å². The molecule has 0 aliphatic carbocycles. The van der Waals surface area contributed by atoms with Crippen LogP contribution in [0.4, 0.5) is 0 Å². The number of hydrogen-bond donors (Lipinski definition) is 1. The normalized spacial score (nSPS) is 13.4. The van der Waals surface area contributed by atoms with Gasteiger partial charge in [-0.25, -0.2) is 13.1 Å². The van der Waals surface area contributed by atoms with Crippen molar-refractivity contribution in [1.82, 2.24) is 4.72 Å². The molecule has 0 bridgehead atoms. The highest BCUT2D eigenvalue weighted by atomic mass is 79.9. The van der Waals surface area contributed by atoms with E-state index in [1.165, 1.54) is 11.3 Å². The second-order valence-corrected chi connectivity index (χ2v) is 10.2. The van der Waals surface area contributed by atoms with Gasteiger partial charge in [0.05, 0.1) is 3.79 Å². The summed E-state index contributed by atoms with van der Waals surface area (Å²) in [6.45, 7) is 1.82. The van der Waals surface area contributed by atoms with Gasteiger partial charge in [-0.3, -0.25) is 0 Å². The van der Waals surface area contributed by atoms with Crippen LogP contribution in [0, 0.1) is 0 Å². The van der Waals surface area contributed by atoms with E-state index in [4.69, 9.17) is 0 Å². The predicted octanol–water partition coefficient (Wildman–Crippen LogP) is 5.08. The van der Waals surface area contributed by atoms with E-state index >= 15 is 0 Å². The highest BCUT2D eigenvalue weighted by molar-refractivity contribution is 9.13. The van der Waals surface area contributed by atoms with Crippen molar-refractivity contribution in [2.45, 2.75) is 17.2 Å². The van der Waals surface area contributed by atoms with Crippen molar-refractivity contribution < 1.29 is 8.42 Å². The summed E-state index contributed by atoms with van der Waals surface area (Å²) in [5, 5.41) is 0. The van der Waals surface area contributed by atoms with Gasteiger partial charge < -0.3 is 0 Å². The summed E-state index contributed by atoms with van der Waals surface area (Å²) in [5.74, 6) is 0. The molecule has 2 rings (SSSR count). The number of halogens is 3. The zero-order chi connectivity index (χ0) is 14.9. The Morgan fingerprint density at radius 1 is 1.15 bits per heavy atom. The number of sulfonamides is 1. The Bertz CT molecular complexity index is 691. The van der Waals surface area contributed by atoms with Crippen LogP contribution >= 0.6 is 59.1 Å². The molecule has 0 aliphatic rings. The Balaban J connectivity index is 2.21. The van der Waals surface area contributed by atoms with Gasteiger partial charge in [0.25, 0.3) is 10.0 Å². The molecule has 0 saturated heterocycles. The van der Waals surface area contributed by atoms with Crippen LogP contribution in [0.15, 0.2) is 47.3 Å². The molecule has 1 aromatic carbocycles. The number of thiophene rings is 1. The molecule has 1 aromatic heterocycles. The summed E-state index contributed by atoms with van der Waals surface area (Å²) < 4.78 is 30.0. The smallest absolute Gasteiger partial charge is 0.206 e. The lowest BCUT2D eigenvalue weighted by Gasteiger charge is -2.13. The van der Waals surface area contributed by atoms with Crippen molar-refractivity contribution in [2.24, 2.45) is 0 Å². The maximum absolute atomic E-state index is 12.3. The molecule has 0 aliphatic heterocycles. The Morgan fingerprint density at radius 3 is 2.25 bits per heavy atom.